The molecule has 1 atom stereocenters. The van der Waals surface area contributed by atoms with Gasteiger partial charge in [0.25, 0.3) is 0 Å². The maximum atomic E-state index is 3.78. The summed E-state index contributed by atoms with van der Waals surface area (Å²) < 4.78 is 1.12. The Hall–Kier alpha value is -0.600. The van der Waals surface area contributed by atoms with Crippen molar-refractivity contribution in [1.29, 1.82) is 0 Å². The molecule has 0 N–H and O–H groups in total. The van der Waals surface area contributed by atoms with Crippen molar-refractivity contribution in [3.63, 3.8) is 0 Å². The largest absolute Gasteiger partial charge is 0.0835 e. The summed E-state index contributed by atoms with van der Waals surface area (Å²) in [6.45, 7) is 4.32. The van der Waals surface area contributed by atoms with E-state index < -0.39 is 0 Å². The average Bonchev–Trinajstić information content (AvgIpc) is 2.34. The molecule has 18 heavy (non-hydrogen) atoms. The lowest BCUT2D eigenvalue weighted by atomic mass is 10.0. The van der Waals surface area contributed by atoms with Crippen LogP contribution in [0.15, 0.2) is 46.9 Å². The number of benzene rings is 2. The minimum absolute atomic E-state index is 0.368. The van der Waals surface area contributed by atoms with Crippen molar-refractivity contribution in [2.24, 2.45) is 0 Å². The molecule has 2 rings (SSSR count). The number of hydrogen-bond donors (Lipinski definition) is 0. The molecule has 1 unspecified atom stereocenters. The van der Waals surface area contributed by atoms with Crippen molar-refractivity contribution >= 4 is 31.9 Å². The zero-order valence-electron chi connectivity index (χ0n) is 10.6. The molecule has 0 aliphatic carbocycles. The van der Waals surface area contributed by atoms with E-state index in [-0.39, 0.29) is 0 Å². The summed E-state index contributed by atoms with van der Waals surface area (Å²) in [5.74, 6) is 0. The fraction of sp³-hybridized carbons (Fsp3) is 0.250. The lowest BCUT2D eigenvalue weighted by Gasteiger charge is -2.12. The molecule has 0 aliphatic heterocycles. The summed E-state index contributed by atoms with van der Waals surface area (Å²) in [4.78, 5) is 0.368. The number of rotatable bonds is 3. The van der Waals surface area contributed by atoms with Crippen LogP contribution in [-0.4, -0.2) is 0 Å². The Bertz CT molecular complexity index is 529. The highest BCUT2D eigenvalue weighted by Gasteiger charge is 2.08. The highest BCUT2D eigenvalue weighted by Crippen LogP contribution is 2.28. The van der Waals surface area contributed by atoms with Gasteiger partial charge in [0.1, 0.15) is 0 Å². The Morgan fingerprint density at radius 2 is 1.61 bits per heavy atom. The second-order valence-corrected chi connectivity index (χ2v) is 6.66. The molecule has 0 nitrogen and oxygen atoms in total. The molecule has 0 heterocycles. The van der Waals surface area contributed by atoms with Crippen LogP contribution in [0.25, 0.3) is 0 Å². The normalized spacial score (nSPS) is 12.4. The highest BCUT2D eigenvalue weighted by atomic mass is 79.9. The third-order valence-electron chi connectivity index (χ3n) is 3.22. The summed E-state index contributed by atoms with van der Waals surface area (Å²) in [7, 11) is 0. The molecule has 2 aromatic carbocycles. The lowest BCUT2D eigenvalue weighted by molar-refractivity contribution is 0.945. The predicted octanol–water partition coefficient (Wildman–Crippen LogP) is 5.74. The molecule has 0 aromatic heterocycles. The Labute approximate surface area is 126 Å². The first-order chi connectivity index (χ1) is 8.56. The van der Waals surface area contributed by atoms with Gasteiger partial charge in [-0.05, 0) is 54.7 Å². The molecule has 2 aromatic rings. The quantitative estimate of drug-likeness (QED) is 0.606. The molecule has 94 valence electrons. The zero-order chi connectivity index (χ0) is 13.1. The van der Waals surface area contributed by atoms with Crippen LogP contribution in [0.4, 0.5) is 0 Å². The smallest absolute Gasteiger partial charge is 0.0435 e. The second kappa shape index (κ2) is 6.03. The van der Waals surface area contributed by atoms with Crippen molar-refractivity contribution in [2.75, 3.05) is 0 Å². The van der Waals surface area contributed by atoms with Gasteiger partial charge in [-0.15, -0.1) is 0 Å². The van der Waals surface area contributed by atoms with Gasteiger partial charge in [-0.25, -0.2) is 0 Å². The molecular weight excluding hydrogens is 352 g/mol. The summed E-state index contributed by atoms with van der Waals surface area (Å²) in [6, 6.07) is 15.2. The van der Waals surface area contributed by atoms with E-state index in [1.54, 1.807) is 0 Å². The molecule has 0 saturated heterocycles. The minimum Gasteiger partial charge on any atom is -0.0835 e. The van der Waals surface area contributed by atoms with Crippen molar-refractivity contribution in [3.05, 3.63) is 69.2 Å². The summed E-state index contributed by atoms with van der Waals surface area (Å²) in [5.41, 5.74) is 5.41. The predicted molar refractivity (Wildman–Crippen MR) is 85.4 cm³/mol. The molecule has 0 saturated carbocycles. The van der Waals surface area contributed by atoms with E-state index >= 15 is 0 Å². The number of alkyl halides is 1. The molecule has 0 aliphatic rings. The van der Waals surface area contributed by atoms with Crippen LogP contribution in [0.5, 0.6) is 0 Å². The zero-order valence-corrected chi connectivity index (χ0v) is 13.8. The molecular formula is C16H16Br2. The molecule has 0 fully saturated rings. The Kier molecular flexibility index (Phi) is 4.63. The summed E-state index contributed by atoms with van der Waals surface area (Å²) in [6.07, 6.45) is 1.02. The van der Waals surface area contributed by atoms with Gasteiger partial charge in [0, 0.05) is 9.30 Å². The van der Waals surface area contributed by atoms with Crippen LogP contribution in [0, 0.1) is 13.8 Å². The van der Waals surface area contributed by atoms with Gasteiger partial charge in [-0.1, -0.05) is 62.2 Å². The minimum atomic E-state index is 0.368. The monoisotopic (exact) mass is 366 g/mol. The number of hydrogen-bond acceptors (Lipinski definition) is 0. The Morgan fingerprint density at radius 3 is 2.22 bits per heavy atom. The van der Waals surface area contributed by atoms with E-state index in [2.05, 4.69) is 88.2 Å². The van der Waals surface area contributed by atoms with E-state index in [0.29, 0.717) is 4.83 Å². The van der Waals surface area contributed by atoms with Crippen LogP contribution >= 0.6 is 31.9 Å². The second-order valence-electron chi connectivity index (χ2n) is 4.64. The number of halogens is 2. The van der Waals surface area contributed by atoms with E-state index in [1.165, 1.54) is 22.3 Å². The van der Waals surface area contributed by atoms with E-state index in [0.717, 1.165) is 10.9 Å². The average molecular weight is 368 g/mol. The van der Waals surface area contributed by atoms with Crippen LogP contribution in [0.2, 0.25) is 0 Å². The highest BCUT2D eigenvalue weighted by molar-refractivity contribution is 9.10. The molecule has 0 radical (unpaired) electrons. The SMILES string of the molecule is Cc1ccc(CC(Br)c2ccc(Br)cc2)cc1C. The lowest BCUT2D eigenvalue weighted by Crippen LogP contribution is -1.96. The van der Waals surface area contributed by atoms with Crippen LogP contribution in [0.1, 0.15) is 27.1 Å². The maximum Gasteiger partial charge on any atom is 0.0435 e. The third-order valence-corrected chi connectivity index (χ3v) is 4.60. The van der Waals surface area contributed by atoms with Crippen LogP contribution in [-0.2, 0) is 6.42 Å². The van der Waals surface area contributed by atoms with Crippen molar-refractivity contribution in [1.82, 2.24) is 0 Å². The standard InChI is InChI=1S/C16H16Br2/c1-11-3-4-13(9-12(11)2)10-16(18)14-5-7-15(17)8-6-14/h3-9,16H,10H2,1-2H3. The van der Waals surface area contributed by atoms with Gasteiger partial charge in [-0.3, -0.25) is 0 Å². The van der Waals surface area contributed by atoms with Crippen LogP contribution < -0.4 is 0 Å². The molecule has 0 spiro atoms. The van der Waals surface area contributed by atoms with E-state index in [1.807, 2.05) is 0 Å². The van der Waals surface area contributed by atoms with Crippen molar-refractivity contribution < 1.29 is 0 Å². The first-order valence-corrected chi connectivity index (χ1v) is 7.73. The van der Waals surface area contributed by atoms with E-state index in [4.69, 9.17) is 0 Å². The van der Waals surface area contributed by atoms with Gasteiger partial charge in [0.2, 0.25) is 0 Å². The van der Waals surface area contributed by atoms with Gasteiger partial charge in [0.05, 0.1) is 0 Å². The molecule has 0 amide bonds. The number of aryl methyl sites for hydroxylation is 2. The Morgan fingerprint density at radius 1 is 0.944 bits per heavy atom. The summed E-state index contributed by atoms with van der Waals surface area (Å²) in [5, 5.41) is 0. The Balaban J connectivity index is 2.13. The third kappa shape index (κ3) is 3.46. The van der Waals surface area contributed by atoms with Crippen molar-refractivity contribution in [3.8, 4) is 0 Å². The van der Waals surface area contributed by atoms with Crippen LogP contribution in [0.3, 0.4) is 0 Å². The first-order valence-electron chi connectivity index (χ1n) is 6.02. The summed E-state index contributed by atoms with van der Waals surface area (Å²) >= 11 is 7.24. The van der Waals surface area contributed by atoms with Gasteiger partial charge in [0.15, 0.2) is 0 Å². The van der Waals surface area contributed by atoms with Gasteiger partial charge >= 0.3 is 0 Å². The fourth-order valence-electron chi connectivity index (χ4n) is 1.93. The fourth-order valence-corrected chi connectivity index (χ4v) is 2.87. The molecule has 2 heteroatoms. The topological polar surface area (TPSA) is 0 Å². The first kappa shape index (κ1) is 13.8. The van der Waals surface area contributed by atoms with Gasteiger partial charge in [-0.2, -0.15) is 0 Å². The maximum absolute atomic E-state index is 3.78. The van der Waals surface area contributed by atoms with Crippen molar-refractivity contribution in [2.45, 2.75) is 25.1 Å². The van der Waals surface area contributed by atoms with E-state index in [9.17, 15) is 0 Å². The molecule has 0 bridgehead atoms. The van der Waals surface area contributed by atoms with Gasteiger partial charge < -0.3 is 0 Å².